The number of nitrogens with zero attached hydrogens (tertiary/aromatic N) is 3. The molecule has 0 aliphatic rings. The van der Waals surface area contributed by atoms with E-state index < -0.39 is 4.92 Å². The molecule has 3 rings (SSSR count). The van der Waals surface area contributed by atoms with Gasteiger partial charge in [0.15, 0.2) is 5.16 Å². The number of nitro groups is 1. The largest absolute Gasteiger partial charge is 0.283 e. The summed E-state index contributed by atoms with van der Waals surface area (Å²) in [5, 5.41) is 12.0. The van der Waals surface area contributed by atoms with Gasteiger partial charge in [0.05, 0.1) is 20.8 Å². The van der Waals surface area contributed by atoms with Gasteiger partial charge in [-0.2, -0.15) is 0 Å². The molecule has 0 atom stereocenters. The van der Waals surface area contributed by atoms with E-state index in [1.54, 1.807) is 36.4 Å². The second-order valence-corrected chi connectivity index (χ2v) is 6.51. The third-order valence-electron chi connectivity index (χ3n) is 3.47. The van der Waals surface area contributed by atoms with E-state index in [1.807, 2.05) is 0 Å². The smallest absolute Gasteiger partial charge is 0.270 e. The van der Waals surface area contributed by atoms with E-state index >= 15 is 0 Å². The summed E-state index contributed by atoms with van der Waals surface area (Å²) in [6.07, 6.45) is 1.61. The minimum absolute atomic E-state index is 0.0932. The van der Waals surface area contributed by atoms with Crippen LogP contribution in [-0.2, 0) is 6.54 Å². The van der Waals surface area contributed by atoms with Crippen LogP contribution in [-0.4, -0.2) is 14.5 Å². The Balaban J connectivity index is 2.12. The van der Waals surface area contributed by atoms with Gasteiger partial charge in [0, 0.05) is 23.6 Å². The van der Waals surface area contributed by atoms with Gasteiger partial charge in [0.1, 0.15) is 0 Å². The highest BCUT2D eigenvalue weighted by Gasteiger charge is 2.15. The van der Waals surface area contributed by atoms with Crippen LogP contribution >= 0.6 is 23.4 Å². The lowest BCUT2D eigenvalue weighted by atomic mass is 10.2. The maximum Gasteiger partial charge on any atom is 0.270 e. The van der Waals surface area contributed by atoms with E-state index in [1.165, 1.54) is 28.5 Å². The molecule has 0 N–H and O–H groups in total. The summed E-state index contributed by atoms with van der Waals surface area (Å²) in [4.78, 5) is 28.1. The van der Waals surface area contributed by atoms with Gasteiger partial charge < -0.3 is 0 Å². The number of aromatic nitrogens is 2. The first-order valence-corrected chi connectivity index (χ1v) is 8.43. The number of allylic oxidation sites excluding steroid dienone is 1. The third-order valence-corrected chi connectivity index (χ3v) is 4.96. The molecule has 0 fully saturated rings. The Morgan fingerprint density at radius 3 is 2.76 bits per heavy atom. The van der Waals surface area contributed by atoms with Gasteiger partial charge in [0.25, 0.3) is 11.2 Å². The van der Waals surface area contributed by atoms with Crippen LogP contribution in [0.4, 0.5) is 5.69 Å². The highest BCUT2D eigenvalue weighted by molar-refractivity contribution is 7.99. The monoisotopic (exact) mass is 373 g/mol. The summed E-state index contributed by atoms with van der Waals surface area (Å²) >= 11 is 7.33. The van der Waals surface area contributed by atoms with Crippen LogP contribution in [0.2, 0.25) is 5.02 Å². The fourth-order valence-corrected chi connectivity index (χ4v) is 3.49. The van der Waals surface area contributed by atoms with Crippen molar-refractivity contribution in [3.05, 3.63) is 80.6 Å². The van der Waals surface area contributed by atoms with Gasteiger partial charge in [0.2, 0.25) is 0 Å². The first-order chi connectivity index (χ1) is 12.0. The van der Waals surface area contributed by atoms with Gasteiger partial charge in [-0.3, -0.25) is 19.5 Å². The normalized spacial score (nSPS) is 10.8. The van der Waals surface area contributed by atoms with E-state index in [9.17, 15) is 14.9 Å². The van der Waals surface area contributed by atoms with Crippen LogP contribution in [0.5, 0.6) is 0 Å². The predicted molar refractivity (Wildman–Crippen MR) is 98.4 cm³/mol. The zero-order chi connectivity index (χ0) is 18.0. The standard InChI is InChI=1S/C17H12ClN3O3S/c1-2-9-20-16(22)12-5-3-4-6-14(12)19-17(20)25-15-8-7-11(21(23)24)10-13(15)18/h2-8,10H,1,9H2. The van der Waals surface area contributed by atoms with Crippen LogP contribution in [0.15, 0.2) is 70.0 Å². The van der Waals surface area contributed by atoms with Crippen LogP contribution in [0.25, 0.3) is 10.9 Å². The Bertz CT molecular complexity index is 1050. The molecule has 0 bridgehead atoms. The van der Waals surface area contributed by atoms with Crippen molar-refractivity contribution in [3.63, 3.8) is 0 Å². The van der Waals surface area contributed by atoms with Crippen LogP contribution in [0.3, 0.4) is 0 Å². The van der Waals surface area contributed by atoms with Crippen molar-refractivity contribution in [3.8, 4) is 0 Å². The van der Waals surface area contributed by atoms with Crippen LogP contribution < -0.4 is 5.56 Å². The molecule has 3 aromatic rings. The van der Waals surface area contributed by atoms with Crippen LogP contribution in [0.1, 0.15) is 0 Å². The van der Waals surface area contributed by atoms with E-state index in [2.05, 4.69) is 11.6 Å². The van der Waals surface area contributed by atoms with Crippen molar-refractivity contribution in [2.24, 2.45) is 0 Å². The van der Waals surface area contributed by atoms with Crippen molar-refractivity contribution in [2.75, 3.05) is 0 Å². The maximum atomic E-state index is 12.7. The Kier molecular flexibility index (Phi) is 4.87. The molecule has 2 aromatic carbocycles. The maximum absolute atomic E-state index is 12.7. The fraction of sp³-hybridized carbons (Fsp3) is 0.0588. The molecular weight excluding hydrogens is 362 g/mol. The number of benzene rings is 2. The first-order valence-electron chi connectivity index (χ1n) is 7.23. The average Bonchev–Trinajstić information content (AvgIpc) is 2.60. The summed E-state index contributed by atoms with van der Waals surface area (Å²) in [5.74, 6) is 0. The van der Waals surface area contributed by atoms with E-state index in [4.69, 9.17) is 11.6 Å². The Morgan fingerprint density at radius 1 is 1.32 bits per heavy atom. The van der Waals surface area contributed by atoms with E-state index in [0.717, 1.165) is 0 Å². The summed E-state index contributed by atoms with van der Waals surface area (Å²) in [5.41, 5.74) is 0.309. The zero-order valence-electron chi connectivity index (χ0n) is 12.9. The minimum Gasteiger partial charge on any atom is -0.283 e. The molecule has 6 nitrogen and oxygen atoms in total. The van der Waals surface area contributed by atoms with Crippen molar-refractivity contribution >= 4 is 40.0 Å². The average molecular weight is 374 g/mol. The molecule has 0 unspecified atom stereocenters. The molecule has 1 aromatic heterocycles. The molecule has 8 heteroatoms. The van der Waals surface area contributed by atoms with Gasteiger partial charge in [-0.25, -0.2) is 4.98 Å². The first kappa shape index (κ1) is 17.2. The van der Waals surface area contributed by atoms with Crippen molar-refractivity contribution in [2.45, 2.75) is 16.6 Å². The number of rotatable bonds is 5. The van der Waals surface area contributed by atoms with Crippen LogP contribution in [0, 0.1) is 10.1 Å². The molecule has 0 aliphatic heterocycles. The molecule has 0 amide bonds. The Morgan fingerprint density at radius 2 is 2.08 bits per heavy atom. The lowest BCUT2D eigenvalue weighted by molar-refractivity contribution is -0.384. The van der Waals surface area contributed by atoms with E-state index in [0.29, 0.717) is 27.5 Å². The molecule has 0 spiro atoms. The second-order valence-electron chi connectivity index (χ2n) is 5.09. The molecule has 1 heterocycles. The summed E-state index contributed by atoms with van der Waals surface area (Å²) in [6.45, 7) is 3.97. The molecule has 0 radical (unpaired) electrons. The van der Waals surface area contributed by atoms with Crippen molar-refractivity contribution in [1.29, 1.82) is 0 Å². The summed E-state index contributed by atoms with van der Waals surface area (Å²) in [6, 6.07) is 11.3. The number of non-ortho nitro benzene ring substituents is 1. The molecule has 0 saturated carbocycles. The van der Waals surface area contributed by atoms with E-state index in [-0.39, 0.29) is 16.3 Å². The lowest BCUT2D eigenvalue weighted by Gasteiger charge is -2.12. The van der Waals surface area contributed by atoms with Crippen molar-refractivity contribution < 1.29 is 4.92 Å². The quantitative estimate of drug-likeness (QED) is 0.288. The van der Waals surface area contributed by atoms with Gasteiger partial charge >= 0.3 is 0 Å². The third kappa shape index (κ3) is 3.42. The lowest BCUT2D eigenvalue weighted by Crippen LogP contribution is -2.22. The summed E-state index contributed by atoms with van der Waals surface area (Å²) in [7, 11) is 0. The predicted octanol–water partition coefficient (Wildman–Crippen LogP) is 4.30. The SMILES string of the molecule is C=CCn1c(Sc2ccc([N+](=O)[O-])cc2Cl)nc2ccccc2c1=O. The number of hydrogen-bond acceptors (Lipinski definition) is 5. The zero-order valence-corrected chi connectivity index (χ0v) is 14.5. The highest BCUT2D eigenvalue weighted by atomic mass is 35.5. The molecule has 0 saturated heterocycles. The number of fused-ring (bicyclic) bond motifs is 1. The molecule has 25 heavy (non-hydrogen) atoms. The Labute approximate surface area is 151 Å². The minimum atomic E-state index is -0.512. The molecule has 0 aliphatic carbocycles. The van der Waals surface area contributed by atoms with Gasteiger partial charge in [-0.1, -0.05) is 29.8 Å². The van der Waals surface area contributed by atoms with Gasteiger partial charge in [-0.15, -0.1) is 6.58 Å². The number of hydrogen-bond donors (Lipinski definition) is 0. The molecule has 126 valence electrons. The summed E-state index contributed by atoms with van der Waals surface area (Å²) < 4.78 is 1.50. The van der Waals surface area contributed by atoms with Crippen molar-refractivity contribution in [1.82, 2.24) is 9.55 Å². The number of para-hydroxylation sites is 1. The number of nitro benzene ring substituents is 1. The Hall–Kier alpha value is -2.64. The highest BCUT2D eigenvalue weighted by Crippen LogP contribution is 2.34. The van der Waals surface area contributed by atoms with Gasteiger partial charge in [-0.05, 0) is 30.0 Å². The fourth-order valence-electron chi connectivity index (χ4n) is 2.30. The molecular formula is C17H12ClN3O3S. The topological polar surface area (TPSA) is 78.0 Å². The second kappa shape index (κ2) is 7.08. The number of halogens is 1.